The molecule has 1 heterocycles. The van der Waals surface area contributed by atoms with Gasteiger partial charge >= 0.3 is 5.69 Å². The first-order valence-electron chi connectivity index (χ1n) is 5.76. The van der Waals surface area contributed by atoms with Crippen LogP contribution in [0.3, 0.4) is 0 Å². The molecule has 0 aliphatic rings. The number of rotatable bonds is 8. The van der Waals surface area contributed by atoms with Crippen molar-refractivity contribution in [3.05, 3.63) is 16.2 Å². The van der Waals surface area contributed by atoms with Gasteiger partial charge in [0.1, 0.15) is 4.21 Å². The molecule has 0 aromatic carbocycles. The first-order valence-corrected chi connectivity index (χ1v) is 8.06. The number of ether oxygens (including phenoxy) is 1. The van der Waals surface area contributed by atoms with Crippen molar-refractivity contribution in [2.24, 2.45) is 5.92 Å². The number of nitrogens with zero attached hydrogens (tertiary/aromatic N) is 1. The highest BCUT2D eigenvalue weighted by Gasteiger charge is 2.25. The fourth-order valence-corrected chi connectivity index (χ4v) is 3.96. The molecule has 0 spiro atoms. The predicted molar refractivity (Wildman–Crippen MR) is 76.7 cm³/mol. The van der Waals surface area contributed by atoms with Crippen LogP contribution >= 0.6 is 11.3 Å². The van der Waals surface area contributed by atoms with Gasteiger partial charge in [0.15, 0.2) is 5.00 Å². The molecule has 114 valence electrons. The van der Waals surface area contributed by atoms with E-state index in [0.717, 1.165) is 17.4 Å². The van der Waals surface area contributed by atoms with Gasteiger partial charge in [-0.2, -0.15) is 0 Å². The summed E-state index contributed by atoms with van der Waals surface area (Å²) in [5.41, 5.74) is -0.247. The molecular formula is C10H17N3O5S2. The van der Waals surface area contributed by atoms with E-state index in [1.165, 1.54) is 14.2 Å². The largest absolute Gasteiger partial charge is 0.384 e. The Bertz CT molecular complexity index is 569. The molecule has 0 aliphatic carbocycles. The summed E-state index contributed by atoms with van der Waals surface area (Å²) in [5.74, 6) is 0.00786. The first-order chi connectivity index (χ1) is 9.31. The van der Waals surface area contributed by atoms with Crippen LogP contribution in [-0.4, -0.2) is 40.7 Å². The average Bonchev–Trinajstić information content (AvgIpc) is 2.82. The molecule has 0 aliphatic heterocycles. The third-order valence-electron chi connectivity index (χ3n) is 2.45. The fourth-order valence-electron chi connectivity index (χ4n) is 1.47. The Hall–Kier alpha value is -1.23. The molecule has 1 aromatic heterocycles. The Kier molecular flexibility index (Phi) is 5.87. The van der Waals surface area contributed by atoms with Crippen molar-refractivity contribution in [1.29, 1.82) is 0 Å². The zero-order chi connectivity index (χ0) is 15.3. The number of methoxy groups -OCH3 is 1. The topological polar surface area (TPSA) is 111 Å². The van der Waals surface area contributed by atoms with Gasteiger partial charge in [-0.25, -0.2) is 13.1 Å². The Labute approximate surface area is 121 Å². The molecule has 0 saturated heterocycles. The Morgan fingerprint density at radius 1 is 1.55 bits per heavy atom. The number of hydrogen-bond acceptors (Lipinski definition) is 7. The number of nitrogens with one attached hydrogen (secondary N) is 2. The van der Waals surface area contributed by atoms with Gasteiger partial charge in [0.05, 0.1) is 4.92 Å². The van der Waals surface area contributed by atoms with Crippen molar-refractivity contribution in [3.63, 3.8) is 0 Å². The maximum absolute atomic E-state index is 12.1. The summed E-state index contributed by atoms with van der Waals surface area (Å²) < 4.78 is 31.4. The highest BCUT2D eigenvalue weighted by atomic mass is 32.2. The summed E-state index contributed by atoms with van der Waals surface area (Å²) in [7, 11) is -0.713. The normalized spacial score (nSPS) is 13.2. The second-order valence-electron chi connectivity index (χ2n) is 4.20. The molecule has 0 saturated carbocycles. The van der Waals surface area contributed by atoms with Crippen LogP contribution in [0.2, 0.25) is 0 Å². The van der Waals surface area contributed by atoms with Crippen LogP contribution in [0.25, 0.3) is 0 Å². The van der Waals surface area contributed by atoms with Gasteiger partial charge in [-0.15, -0.1) is 0 Å². The lowest BCUT2D eigenvalue weighted by atomic mass is 10.2. The predicted octanol–water partition coefficient (Wildman–Crippen LogP) is 1.26. The lowest BCUT2D eigenvalue weighted by Crippen LogP contribution is -2.29. The molecule has 1 atom stereocenters. The van der Waals surface area contributed by atoms with E-state index in [1.807, 2.05) is 6.92 Å². The van der Waals surface area contributed by atoms with E-state index in [-0.39, 0.29) is 27.4 Å². The molecule has 0 amide bonds. The molecule has 2 N–H and O–H groups in total. The smallest absolute Gasteiger partial charge is 0.304 e. The standard InChI is InChI=1S/C10H17N3O5S2/c1-7(6-18-3)5-12-20(16,17)9-4-8(13(14)15)10(11-2)19-9/h4,7,11-12H,5-6H2,1-3H3. The van der Waals surface area contributed by atoms with Gasteiger partial charge in [0.25, 0.3) is 0 Å². The van der Waals surface area contributed by atoms with Crippen molar-refractivity contribution < 1.29 is 18.1 Å². The second-order valence-corrected chi connectivity index (χ2v) is 7.25. The van der Waals surface area contributed by atoms with E-state index >= 15 is 0 Å². The molecule has 8 nitrogen and oxygen atoms in total. The third kappa shape index (κ3) is 4.13. The van der Waals surface area contributed by atoms with Crippen LogP contribution in [0, 0.1) is 16.0 Å². The van der Waals surface area contributed by atoms with Crippen LogP contribution in [0.1, 0.15) is 6.92 Å². The summed E-state index contributed by atoms with van der Waals surface area (Å²) >= 11 is 0.825. The SMILES string of the molecule is CNc1sc(S(=O)(=O)NCC(C)COC)cc1[N+](=O)[O-]. The summed E-state index contributed by atoms with van der Waals surface area (Å²) in [6.07, 6.45) is 0. The number of thiophene rings is 1. The number of anilines is 1. The monoisotopic (exact) mass is 323 g/mol. The molecule has 10 heteroatoms. The Morgan fingerprint density at radius 3 is 2.65 bits per heavy atom. The molecular weight excluding hydrogens is 306 g/mol. The Balaban J connectivity index is 2.90. The van der Waals surface area contributed by atoms with E-state index in [9.17, 15) is 18.5 Å². The minimum Gasteiger partial charge on any atom is -0.384 e. The van der Waals surface area contributed by atoms with Crippen LogP contribution in [0.15, 0.2) is 10.3 Å². The van der Waals surface area contributed by atoms with Gasteiger partial charge < -0.3 is 10.1 Å². The van der Waals surface area contributed by atoms with Gasteiger partial charge in [-0.05, 0) is 5.92 Å². The number of sulfonamides is 1. The minimum absolute atomic E-state index is 0.00786. The number of hydrogen-bond donors (Lipinski definition) is 2. The molecule has 1 unspecified atom stereocenters. The minimum atomic E-state index is -3.75. The van der Waals surface area contributed by atoms with Crippen LogP contribution in [-0.2, 0) is 14.8 Å². The molecule has 1 aromatic rings. The zero-order valence-electron chi connectivity index (χ0n) is 11.4. The van der Waals surface area contributed by atoms with Crippen LogP contribution in [0.4, 0.5) is 10.7 Å². The average molecular weight is 323 g/mol. The quantitative estimate of drug-likeness (QED) is 0.550. The molecule has 0 bridgehead atoms. The van der Waals surface area contributed by atoms with E-state index in [4.69, 9.17) is 4.74 Å². The summed E-state index contributed by atoms with van der Waals surface area (Å²) in [6, 6.07) is 1.06. The maximum atomic E-state index is 12.1. The van der Waals surface area contributed by atoms with Gasteiger partial charge in [-0.1, -0.05) is 18.3 Å². The van der Waals surface area contributed by atoms with Crippen molar-refractivity contribution in [2.45, 2.75) is 11.1 Å². The highest BCUT2D eigenvalue weighted by Crippen LogP contribution is 2.36. The lowest BCUT2D eigenvalue weighted by Gasteiger charge is -2.10. The van der Waals surface area contributed by atoms with Crippen molar-refractivity contribution in [3.8, 4) is 0 Å². The second kappa shape index (κ2) is 6.97. The van der Waals surface area contributed by atoms with Crippen LogP contribution in [0.5, 0.6) is 0 Å². The third-order valence-corrected chi connectivity index (χ3v) is 5.49. The molecule has 1 rings (SSSR count). The fraction of sp³-hybridized carbons (Fsp3) is 0.600. The molecule has 0 fully saturated rings. The van der Waals surface area contributed by atoms with Crippen molar-refractivity contribution in [2.75, 3.05) is 32.6 Å². The summed E-state index contributed by atoms with van der Waals surface area (Å²) in [4.78, 5) is 10.2. The summed E-state index contributed by atoms with van der Waals surface area (Å²) in [6.45, 7) is 2.47. The van der Waals surface area contributed by atoms with Crippen molar-refractivity contribution >= 4 is 32.0 Å². The van der Waals surface area contributed by atoms with Gasteiger partial charge in [-0.3, -0.25) is 10.1 Å². The van der Waals surface area contributed by atoms with E-state index < -0.39 is 14.9 Å². The van der Waals surface area contributed by atoms with E-state index in [2.05, 4.69) is 10.0 Å². The highest BCUT2D eigenvalue weighted by molar-refractivity contribution is 7.91. The molecule has 20 heavy (non-hydrogen) atoms. The number of nitro groups is 1. The zero-order valence-corrected chi connectivity index (χ0v) is 13.0. The van der Waals surface area contributed by atoms with Gasteiger partial charge in [0, 0.05) is 33.4 Å². The maximum Gasteiger partial charge on any atom is 0.304 e. The van der Waals surface area contributed by atoms with Crippen LogP contribution < -0.4 is 10.0 Å². The van der Waals surface area contributed by atoms with Crippen molar-refractivity contribution in [1.82, 2.24) is 4.72 Å². The Morgan fingerprint density at radius 2 is 2.20 bits per heavy atom. The lowest BCUT2D eigenvalue weighted by molar-refractivity contribution is -0.383. The van der Waals surface area contributed by atoms with E-state index in [1.54, 1.807) is 0 Å². The van der Waals surface area contributed by atoms with Gasteiger partial charge in [0.2, 0.25) is 10.0 Å². The first kappa shape index (κ1) is 16.8. The summed E-state index contributed by atoms with van der Waals surface area (Å²) in [5, 5.41) is 13.6. The van der Waals surface area contributed by atoms with E-state index in [0.29, 0.717) is 6.61 Å². The molecule has 0 radical (unpaired) electrons.